The summed E-state index contributed by atoms with van der Waals surface area (Å²) in [5.41, 5.74) is 7.61. The van der Waals surface area contributed by atoms with E-state index in [2.05, 4.69) is 33.7 Å². The van der Waals surface area contributed by atoms with Crippen LogP contribution in [-0.2, 0) is 9.53 Å². The molecule has 0 bridgehead atoms. The van der Waals surface area contributed by atoms with Crippen LogP contribution >= 0.6 is 11.8 Å². The van der Waals surface area contributed by atoms with Gasteiger partial charge in [-0.25, -0.2) is 18.8 Å². The molecule has 2 aliphatic heterocycles. The van der Waals surface area contributed by atoms with Gasteiger partial charge in [-0.2, -0.15) is 0 Å². The van der Waals surface area contributed by atoms with Gasteiger partial charge in [-0.15, -0.1) is 0 Å². The summed E-state index contributed by atoms with van der Waals surface area (Å²) >= 11 is 0.918. The van der Waals surface area contributed by atoms with Crippen LogP contribution in [0, 0.1) is 35.0 Å². The summed E-state index contributed by atoms with van der Waals surface area (Å²) in [4.78, 5) is 23.4. The lowest BCUT2D eigenvalue weighted by Crippen LogP contribution is -2.38. The zero-order valence-electron chi connectivity index (χ0n) is 21.3. The molecule has 3 unspecified atom stereocenters. The highest BCUT2D eigenvalue weighted by Crippen LogP contribution is 2.47. The number of hydrogen-bond donors (Lipinski definition) is 3. The van der Waals surface area contributed by atoms with Crippen LogP contribution in [0.5, 0.6) is 0 Å². The summed E-state index contributed by atoms with van der Waals surface area (Å²) in [6.07, 6.45) is 5.55. The van der Waals surface area contributed by atoms with E-state index < -0.39 is 12.5 Å². The first-order valence-electron chi connectivity index (χ1n) is 12.4. The van der Waals surface area contributed by atoms with E-state index in [0.717, 1.165) is 37.4 Å². The number of pyridine rings is 1. The maximum atomic E-state index is 13.6. The quantitative estimate of drug-likeness (QED) is 0.277. The fraction of sp³-hybridized carbons (Fsp3) is 0.407. The number of dihydropyridines is 1. The number of allylic oxidation sites excluding steroid dienone is 1. The summed E-state index contributed by atoms with van der Waals surface area (Å²) in [5, 5.41) is 10.8. The monoisotopic (exact) mass is 558 g/mol. The number of piperidine rings is 1. The number of aromatic nitrogens is 1. The third kappa shape index (κ3) is 6.32. The lowest BCUT2D eigenvalue weighted by molar-refractivity contribution is -0.120. The molecule has 1 aromatic heterocycles. The number of methoxy groups -OCH3 is 1. The van der Waals surface area contributed by atoms with Crippen LogP contribution in [0.25, 0.3) is 11.3 Å². The molecule has 2 saturated carbocycles. The second-order valence-electron chi connectivity index (χ2n) is 9.66. The first-order valence-corrected chi connectivity index (χ1v) is 13.2. The molecule has 4 aliphatic rings. The number of ether oxygens (including phenoxy) is 1. The number of amides is 1. The Labute approximate surface area is 231 Å². The number of halogens is 2. The first-order chi connectivity index (χ1) is 18.2. The summed E-state index contributed by atoms with van der Waals surface area (Å²) < 4.78 is 32.8. The number of nitrogens with zero attached hydrogens (tertiary/aromatic N) is 3. The number of alkyl halides is 2. The number of nitrogens with one attached hydrogen (secondary N) is 2. The van der Waals surface area contributed by atoms with E-state index in [1.54, 1.807) is 11.0 Å². The minimum atomic E-state index is -2.66. The molecule has 6 N–H and O–H groups in total. The van der Waals surface area contributed by atoms with E-state index in [1.807, 2.05) is 0 Å². The van der Waals surface area contributed by atoms with Crippen LogP contribution in [0.1, 0.15) is 38.2 Å². The molecular formula is C27H32F2N6O3S. The Bertz CT molecular complexity index is 1350. The number of anilines is 1. The van der Waals surface area contributed by atoms with Crippen molar-refractivity contribution in [2.24, 2.45) is 28.5 Å². The smallest absolute Gasteiger partial charge is 0.261 e. The Morgan fingerprint density at radius 1 is 1.44 bits per heavy atom. The molecule has 12 heteroatoms. The number of hydrogen-bond acceptors (Lipinski definition) is 7. The van der Waals surface area contributed by atoms with Crippen molar-refractivity contribution in [3.8, 4) is 11.8 Å². The molecule has 1 saturated heterocycles. The lowest BCUT2D eigenvalue weighted by Gasteiger charge is -2.28. The van der Waals surface area contributed by atoms with E-state index >= 15 is 0 Å². The second-order valence-corrected chi connectivity index (χ2v) is 10.7. The third-order valence-corrected chi connectivity index (χ3v) is 7.53. The molecular weight excluding hydrogens is 526 g/mol. The number of carbonyl (C=O) groups excluding carboxylic acids is 1. The number of fused-ring (bicyclic) bond motifs is 1. The molecule has 1 aromatic rings. The van der Waals surface area contributed by atoms with E-state index in [0.29, 0.717) is 46.7 Å². The molecule has 5 rings (SSSR count). The number of amidine groups is 1. The van der Waals surface area contributed by atoms with Gasteiger partial charge in [0.1, 0.15) is 22.7 Å². The van der Waals surface area contributed by atoms with Gasteiger partial charge in [0.25, 0.3) is 6.43 Å². The highest BCUT2D eigenvalue weighted by molar-refractivity contribution is 8.26. The fourth-order valence-corrected chi connectivity index (χ4v) is 5.06. The Morgan fingerprint density at radius 2 is 2.21 bits per heavy atom. The predicted octanol–water partition coefficient (Wildman–Crippen LogP) is 3.39. The molecule has 0 radical (unpaired) electrons. The maximum absolute atomic E-state index is 13.6. The summed E-state index contributed by atoms with van der Waals surface area (Å²) in [7, 11) is 1.45. The topological polar surface area (TPSA) is 148 Å². The molecule has 39 heavy (non-hydrogen) atoms. The molecule has 208 valence electrons. The number of aliphatic imine (C=N–C) groups is 1. The molecule has 0 aromatic carbocycles. The van der Waals surface area contributed by atoms with Crippen LogP contribution in [0.2, 0.25) is 0 Å². The van der Waals surface area contributed by atoms with E-state index in [4.69, 9.17) is 15.9 Å². The summed E-state index contributed by atoms with van der Waals surface area (Å²) in [6.45, 7) is 4.58. The molecule has 1 amide bonds. The van der Waals surface area contributed by atoms with Crippen molar-refractivity contribution in [3.63, 3.8) is 0 Å². The number of nitrogens with two attached hydrogens (primary N) is 1. The molecule has 0 spiro atoms. The van der Waals surface area contributed by atoms with Gasteiger partial charge >= 0.3 is 0 Å². The maximum Gasteiger partial charge on any atom is 0.261 e. The molecule has 3 atom stereocenters. The fourth-order valence-electron chi connectivity index (χ4n) is 4.58. The third-order valence-electron chi connectivity index (χ3n) is 6.93. The zero-order chi connectivity index (χ0) is 27.0. The summed E-state index contributed by atoms with van der Waals surface area (Å²) in [6, 6.07) is 0.454. The number of thioether (sulfide) groups is 1. The van der Waals surface area contributed by atoms with Crippen LogP contribution in [-0.4, -0.2) is 52.7 Å². The predicted molar refractivity (Wildman–Crippen MR) is 151 cm³/mol. The van der Waals surface area contributed by atoms with Crippen molar-refractivity contribution < 1.29 is 25.2 Å². The Morgan fingerprint density at radius 3 is 2.90 bits per heavy atom. The zero-order valence-corrected chi connectivity index (χ0v) is 22.2. The molecule has 3 heterocycles. The Hall–Kier alpha value is -3.69. The van der Waals surface area contributed by atoms with Crippen LogP contribution in [0.15, 0.2) is 41.9 Å². The molecule has 9 nitrogen and oxygen atoms in total. The van der Waals surface area contributed by atoms with E-state index in [9.17, 15) is 13.6 Å². The van der Waals surface area contributed by atoms with Gasteiger partial charge in [0.15, 0.2) is 5.17 Å². The van der Waals surface area contributed by atoms with Gasteiger partial charge < -0.3 is 21.3 Å². The normalized spacial score (nSPS) is 23.8. The Kier molecular flexibility index (Phi) is 8.42. The minimum Gasteiger partial charge on any atom is -0.495 e. The van der Waals surface area contributed by atoms with E-state index in [-0.39, 0.29) is 34.6 Å². The van der Waals surface area contributed by atoms with Gasteiger partial charge in [0.2, 0.25) is 5.91 Å². The van der Waals surface area contributed by atoms with Gasteiger partial charge in [0.05, 0.1) is 12.8 Å². The lowest BCUT2D eigenvalue weighted by atomic mass is 9.94. The highest BCUT2D eigenvalue weighted by Gasteiger charge is 2.48. The van der Waals surface area contributed by atoms with Crippen LogP contribution in [0.3, 0.4) is 0 Å². The average molecular weight is 559 g/mol. The standard InChI is InChI=1S/C27H28F2N6O2S.H2O.H2/c1-14(34-27(31)38-23(30)6-5-15-3-4-15)20-12-33-24(35-8-7-16-9-17(16)26(35)36)11-18(20)19-10-21(25(28)29)32-13-22(19)37-2;;/h10-13,15-17,21,25,30,32H,1,3-4,7-9H2,2H3,(H2,31,34);1H2;1H. The molecule has 3 fully saturated rings. The van der Waals surface area contributed by atoms with Crippen LogP contribution in [0.4, 0.5) is 14.6 Å². The second kappa shape index (κ2) is 11.6. The number of rotatable bonds is 6. The summed E-state index contributed by atoms with van der Waals surface area (Å²) in [5.74, 6) is 7.41. The van der Waals surface area contributed by atoms with Gasteiger partial charge in [-0.3, -0.25) is 15.1 Å². The minimum absolute atomic E-state index is 0. The van der Waals surface area contributed by atoms with Crippen molar-refractivity contribution in [2.45, 2.75) is 38.2 Å². The highest BCUT2D eigenvalue weighted by atomic mass is 32.2. The Balaban J connectivity index is 0.00000220. The number of carbonyl (C=O) groups is 1. The van der Waals surface area contributed by atoms with Crippen molar-refractivity contribution in [1.29, 1.82) is 5.41 Å². The van der Waals surface area contributed by atoms with Crippen molar-refractivity contribution >= 4 is 45.0 Å². The SMILES string of the molecule is C=C(N=C(N)SC(=N)C#CC1CC1)c1cnc(N2CCC3CC3C2=O)cc1C1=CC(C(F)F)NC=C1OC.O.[HH]. The van der Waals surface area contributed by atoms with Crippen molar-refractivity contribution in [3.05, 3.63) is 48.0 Å². The van der Waals surface area contributed by atoms with Crippen LogP contribution < -0.4 is 16.0 Å². The average Bonchev–Trinajstić information content (AvgIpc) is 3.82. The molecule has 2 aliphatic carbocycles. The van der Waals surface area contributed by atoms with Gasteiger partial charge in [-0.05, 0) is 67.0 Å². The first kappa shape index (κ1) is 28.3. The van der Waals surface area contributed by atoms with Gasteiger partial charge in [-0.1, -0.05) is 12.5 Å². The van der Waals surface area contributed by atoms with Gasteiger partial charge in [0, 0.05) is 43.3 Å². The van der Waals surface area contributed by atoms with E-state index in [1.165, 1.54) is 25.6 Å². The van der Waals surface area contributed by atoms with Crippen molar-refractivity contribution in [2.75, 3.05) is 18.6 Å². The van der Waals surface area contributed by atoms with Crippen molar-refractivity contribution in [1.82, 2.24) is 10.3 Å². The largest absolute Gasteiger partial charge is 0.495 e.